The van der Waals surface area contributed by atoms with Crippen LogP contribution in [0.25, 0.3) is 83.0 Å². The van der Waals surface area contributed by atoms with E-state index in [0.717, 1.165) is 49.3 Å². The number of benzene rings is 8. The number of aromatic nitrogens is 2. The molecule has 0 spiro atoms. The predicted molar refractivity (Wildman–Crippen MR) is 253 cm³/mol. The van der Waals surface area contributed by atoms with Crippen LogP contribution in [0.2, 0.25) is 0 Å². The van der Waals surface area contributed by atoms with Crippen molar-refractivity contribution in [3.05, 3.63) is 196 Å². The lowest BCUT2D eigenvalue weighted by Gasteiger charge is -2.32. The van der Waals surface area contributed by atoms with Gasteiger partial charge in [0.2, 0.25) is 0 Å². The zero-order valence-corrected chi connectivity index (χ0v) is 35.0. The maximum atomic E-state index is 11.4. The Balaban J connectivity index is 1.14. The maximum Gasteiger partial charge on any atom is 0.101 e. The quantitative estimate of drug-likeness (QED) is 0.175. The molecular formula is C58H40N4. The van der Waals surface area contributed by atoms with Gasteiger partial charge in [-0.1, -0.05) is 161 Å². The highest BCUT2D eigenvalue weighted by Crippen LogP contribution is 2.59. The van der Waals surface area contributed by atoms with Crippen molar-refractivity contribution in [1.82, 2.24) is 9.13 Å². The highest BCUT2D eigenvalue weighted by atomic mass is 15.0. The van der Waals surface area contributed by atoms with Gasteiger partial charge in [0, 0.05) is 38.4 Å². The zero-order chi connectivity index (χ0) is 41.8. The first-order chi connectivity index (χ1) is 30.2. The predicted octanol–water partition coefficient (Wildman–Crippen LogP) is 14.1. The molecule has 2 unspecified atom stereocenters. The molecule has 0 aliphatic heterocycles. The van der Waals surface area contributed by atoms with Crippen LogP contribution in [-0.2, 0) is 10.8 Å². The number of rotatable bonds is 2. The normalized spacial score (nSPS) is 17.5. The third kappa shape index (κ3) is 4.24. The van der Waals surface area contributed by atoms with Gasteiger partial charge in [-0.15, -0.1) is 0 Å². The van der Waals surface area contributed by atoms with Crippen molar-refractivity contribution in [3.8, 4) is 34.6 Å². The SMILES string of the molecule is CC1(C)c2ccc3ccccc3c2-c2c1ccc1c3ccccc3n(-c3cc(C#N)c(-n4c5ccccc5c5ccc6c(c54)C4c5ccccc5C=CC4C6(C)C)cc3C#N)c21. The molecule has 2 aromatic heterocycles. The molecule has 0 saturated carbocycles. The molecular weight excluding hydrogens is 753 g/mol. The van der Waals surface area contributed by atoms with Crippen molar-refractivity contribution in [2.45, 2.75) is 44.4 Å². The van der Waals surface area contributed by atoms with E-state index < -0.39 is 0 Å². The van der Waals surface area contributed by atoms with Crippen molar-refractivity contribution in [2.75, 3.05) is 0 Å². The molecule has 0 radical (unpaired) electrons. The fourth-order valence-electron chi connectivity index (χ4n) is 12.3. The molecule has 8 aromatic carbocycles. The first kappa shape index (κ1) is 35.1. The molecule has 3 aliphatic rings. The highest BCUT2D eigenvalue weighted by Gasteiger charge is 2.49. The average Bonchev–Trinajstić information content (AvgIpc) is 3.97. The lowest BCUT2D eigenvalue weighted by atomic mass is 9.71. The van der Waals surface area contributed by atoms with E-state index in [-0.39, 0.29) is 22.7 Å². The molecule has 4 nitrogen and oxygen atoms in total. The monoisotopic (exact) mass is 792 g/mol. The smallest absolute Gasteiger partial charge is 0.101 e. The first-order valence-corrected chi connectivity index (χ1v) is 21.6. The van der Waals surface area contributed by atoms with Gasteiger partial charge in [0.1, 0.15) is 12.1 Å². The number of para-hydroxylation sites is 2. The van der Waals surface area contributed by atoms with Crippen LogP contribution in [0.3, 0.4) is 0 Å². The van der Waals surface area contributed by atoms with Crippen LogP contribution in [0.4, 0.5) is 0 Å². The van der Waals surface area contributed by atoms with Gasteiger partial charge in [0.05, 0.1) is 44.6 Å². The summed E-state index contributed by atoms with van der Waals surface area (Å²) in [6.45, 7) is 9.40. The van der Waals surface area contributed by atoms with E-state index in [1.807, 2.05) is 12.1 Å². The van der Waals surface area contributed by atoms with Crippen molar-refractivity contribution >= 4 is 60.5 Å². The van der Waals surface area contributed by atoms with Crippen LogP contribution < -0.4 is 0 Å². The van der Waals surface area contributed by atoms with Gasteiger partial charge < -0.3 is 9.13 Å². The van der Waals surface area contributed by atoms with Crippen LogP contribution in [0.15, 0.2) is 152 Å². The number of hydrogen-bond donors (Lipinski definition) is 0. The highest BCUT2D eigenvalue weighted by molar-refractivity contribution is 6.19. The van der Waals surface area contributed by atoms with E-state index in [4.69, 9.17) is 0 Å². The van der Waals surface area contributed by atoms with Crippen molar-refractivity contribution in [3.63, 3.8) is 0 Å². The molecule has 10 aromatic rings. The van der Waals surface area contributed by atoms with Crippen LogP contribution in [-0.4, -0.2) is 9.13 Å². The summed E-state index contributed by atoms with van der Waals surface area (Å²) in [5, 5.41) is 29.7. The van der Waals surface area contributed by atoms with Crippen LogP contribution in [0, 0.1) is 28.6 Å². The Kier molecular flexibility index (Phi) is 6.80. The summed E-state index contributed by atoms with van der Waals surface area (Å²) in [5.41, 5.74) is 16.5. The van der Waals surface area contributed by atoms with E-state index in [1.54, 1.807) is 0 Å². The lowest BCUT2D eigenvalue weighted by Crippen LogP contribution is -2.26. The standard InChI is InChI=1S/C58H40N4/c1-57(2)43-25-21-33-13-5-7-15-37(33)51(43)53-45(57)27-23-41-39-17-9-11-19-47(39)61(55(41)53)49-29-36(32-60)50(30-35(49)31-59)62-48-20-12-10-18-40(48)42-24-28-46-54(56(42)62)52-38-16-8-6-14-34(38)22-26-44(52)58(46,3)4/h5-30,43,51H,1-4H3. The second-order valence-electron chi connectivity index (χ2n) is 18.7. The summed E-state index contributed by atoms with van der Waals surface area (Å²) in [5.74, 6) is 0.400. The van der Waals surface area contributed by atoms with Gasteiger partial charge in [-0.25, -0.2) is 0 Å². The molecule has 0 saturated heterocycles. The van der Waals surface area contributed by atoms with Crippen molar-refractivity contribution in [2.24, 2.45) is 5.92 Å². The summed E-state index contributed by atoms with van der Waals surface area (Å²) >= 11 is 0. The summed E-state index contributed by atoms with van der Waals surface area (Å²) in [6, 6.07) is 57.6. The first-order valence-electron chi connectivity index (χ1n) is 21.6. The van der Waals surface area contributed by atoms with Crippen molar-refractivity contribution < 1.29 is 0 Å². The molecule has 0 N–H and O–H groups in total. The second kappa shape index (κ2) is 12.0. The van der Waals surface area contributed by atoms with Gasteiger partial charge in [0.15, 0.2) is 0 Å². The van der Waals surface area contributed by atoms with Gasteiger partial charge in [-0.2, -0.15) is 10.5 Å². The summed E-state index contributed by atoms with van der Waals surface area (Å²) in [4.78, 5) is 0. The topological polar surface area (TPSA) is 57.4 Å². The summed E-state index contributed by atoms with van der Waals surface area (Å²) in [7, 11) is 0. The minimum absolute atomic E-state index is 0.130. The van der Waals surface area contributed by atoms with E-state index in [0.29, 0.717) is 16.8 Å². The summed E-state index contributed by atoms with van der Waals surface area (Å²) < 4.78 is 4.59. The van der Waals surface area contributed by atoms with Crippen LogP contribution >= 0.6 is 0 Å². The van der Waals surface area contributed by atoms with Gasteiger partial charge in [-0.05, 0) is 85.3 Å². The lowest BCUT2D eigenvalue weighted by molar-refractivity contribution is 0.391. The Hall–Kier alpha value is -7.66. The molecule has 0 fully saturated rings. The second-order valence-corrected chi connectivity index (χ2v) is 18.7. The Bertz CT molecular complexity index is 3800. The zero-order valence-electron chi connectivity index (χ0n) is 35.0. The average molecular weight is 793 g/mol. The Morgan fingerprint density at radius 1 is 0.516 bits per heavy atom. The van der Waals surface area contributed by atoms with E-state index in [2.05, 4.69) is 195 Å². The number of fused-ring (bicyclic) bond motifs is 18. The molecule has 0 bridgehead atoms. The Labute approximate surface area is 359 Å². The van der Waals surface area contributed by atoms with Crippen molar-refractivity contribution in [1.29, 1.82) is 10.5 Å². The van der Waals surface area contributed by atoms with Gasteiger partial charge in [-0.3, -0.25) is 0 Å². The molecule has 0 amide bonds. The van der Waals surface area contributed by atoms with E-state index in [1.165, 1.54) is 55.3 Å². The number of nitriles is 2. The minimum atomic E-state index is -0.247. The third-order valence-electron chi connectivity index (χ3n) is 15.1. The minimum Gasteiger partial charge on any atom is -0.308 e. The van der Waals surface area contributed by atoms with E-state index in [9.17, 15) is 10.5 Å². The maximum absolute atomic E-state index is 11.4. The van der Waals surface area contributed by atoms with Crippen LogP contribution in [0.5, 0.6) is 0 Å². The summed E-state index contributed by atoms with van der Waals surface area (Å²) in [6.07, 6.45) is 4.72. The van der Waals surface area contributed by atoms with E-state index >= 15 is 0 Å². The Morgan fingerprint density at radius 2 is 1.06 bits per heavy atom. The molecule has 62 heavy (non-hydrogen) atoms. The largest absolute Gasteiger partial charge is 0.308 e. The number of hydrogen-bond acceptors (Lipinski definition) is 2. The number of nitrogens with zero attached hydrogens (tertiary/aromatic N) is 4. The molecule has 2 heterocycles. The third-order valence-corrected chi connectivity index (χ3v) is 15.1. The van der Waals surface area contributed by atoms with Gasteiger partial charge >= 0.3 is 0 Å². The molecule has 2 atom stereocenters. The number of allylic oxidation sites excluding steroid dienone is 1. The molecule has 292 valence electrons. The fraction of sp³-hybridized carbons (Fsp3) is 0.138. The Morgan fingerprint density at radius 3 is 1.76 bits per heavy atom. The molecule has 4 heteroatoms. The van der Waals surface area contributed by atoms with Crippen LogP contribution in [0.1, 0.15) is 78.1 Å². The fourth-order valence-corrected chi connectivity index (χ4v) is 12.3. The van der Waals surface area contributed by atoms with Gasteiger partial charge in [0.25, 0.3) is 0 Å². The molecule has 13 rings (SSSR count). The molecule has 3 aliphatic carbocycles.